The second-order valence-corrected chi connectivity index (χ2v) is 8.16. The maximum absolute atomic E-state index is 13.1. The van der Waals surface area contributed by atoms with E-state index < -0.39 is 17.7 Å². The van der Waals surface area contributed by atoms with Gasteiger partial charge in [-0.25, -0.2) is 0 Å². The number of likely N-dealkylation sites (tertiary alicyclic amines) is 1. The molecule has 33 heavy (non-hydrogen) atoms. The summed E-state index contributed by atoms with van der Waals surface area (Å²) in [5.41, 5.74) is 1.40. The van der Waals surface area contributed by atoms with Crippen LogP contribution in [0.5, 0.6) is 5.75 Å². The van der Waals surface area contributed by atoms with Gasteiger partial charge in [0, 0.05) is 12.1 Å². The molecule has 1 N–H and O–H groups in total. The first-order valence-corrected chi connectivity index (χ1v) is 11.8. The molecule has 1 atom stereocenters. The summed E-state index contributed by atoms with van der Waals surface area (Å²) in [7, 11) is 0. The van der Waals surface area contributed by atoms with Gasteiger partial charge in [-0.05, 0) is 50.2 Å². The van der Waals surface area contributed by atoms with Crippen LogP contribution >= 0.6 is 0 Å². The molecule has 1 aliphatic heterocycles. The van der Waals surface area contributed by atoms with E-state index in [1.807, 2.05) is 43.3 Å². The first kappa shape index (κ1) is 24.5. The van der Waals surface area contributed by atoms with Crippen molar-refractivity contribution in [2.24, 2.45) is 0 Å². The van der Waals surface area contributed by atoms with Gasteiger partial charge in [0.15, 0.2) is 0 Å². The molecule has 6 nitrogen and oxygen atoms in total. The molecule has 1 unspecified atom stereocenters. The van der Waals surface area contributed by atoms with Crippen LogP contribution in [0, 0.1) is 0 Å². The van der Waals surface area contributed by atoms with Crippen molar-refractivity contribution in [3.63, 3.8) is 0 Å². The Hall–Kier alpha value is -3.12. The lowest BCUT2D eigenvalue weighted by atomic mass is 9.95. The maximum atomic E-state index is 13.1. The van der Waals surface area contributed by atoms with Gasteiger partial charge < -0.3 is 19.6 Å². The topological polar surface area (TPSA) is 70.1 Å². The first-order valence-electron chi connectivity index (χ1n) is 11.8. The molecule has 0 aliphatic carbocycles. The highest BCUT2D eigenvalue weighted by Gasteiger charge is 2.45. The van der Waals surface area contributed by atoms with Crippen molar-refractivity contribution in [1.29, 1.82) is 0 Å². The minimum atomic E-state index is -0.649. The van der Waals surface area contributed by atoms with Crippen LogP contribution in [-0.4, -0.2) is 59.4 Å². The largest absolute Gasteiger partial charge is 0.507 e. The molecule has 6 heteroatoms. The van der Waals surface area contributed by atoms with Crippen molar-refractivity contribution < 1.29 is 19.4 Å². The number of Topliss-reactive ketones (excluding diaryl/α,β-unsaturated/α-hetero) is 1. The zero-order chi connectivity index (χ0) is 23.8. The fraction of sp³-hybridized carbons (Fsp3) is 0.407. The van der Waals surface area contributed by atoms with Crippen LogP contribution in [0.2, 0.25) is 0 Å². The van der Waals surface area contributed by atoms with Crippen LogP contribution in [0.25, 0.3) is 5.76 Å². The molecule has 3 rings (SSSR count). The van der Waals surface area contributed by atoms with Gasteiger partial charge in [0.1, 0.15) is 11.5 Å². The zero-order valence-corrected chi connectivity index (χ0v) is 19.8. The Balaban J connectivity index is 1.98. The highest BCUT2D eigenvalue weighted by atomic mass is 16.5. The van der Waals surface area contributed by atoms with E-state index >= 15 is 0 Å². The second kappa shape index (κ2) is 11.7. The van der Waals surface area contributed by atoms with Crippen LogP contribution in [-0.2, 0) is 9.59 Å². The van der Waals surface area contributed by atoms with Gasteiger partial charge in [-0.15, -0.1) is 0 Å². The summed E-state index contributed by atoms with van der Waals surface area (Å²) in [5.74, 6) is -0.770. The van der Waals surface area contributed by atoms with Crippen molar-refractivity contribution in [2.45, 2.75) is 39.7 Å². The highest BCUT2D eigenvalue weighted by Crippen LogP contribution is 2.39. The maximum Gasteiger partial charge on any atom is 0.295 e. The number of rotatable bonds is 11. The quantitative estimate of drug-likeness (QED) is 0.307. The van der Waals surface area contributed by atoms with Crippen LogP contribution in [0.4, 0.5) is 0 Å². The second-order valence-electron chi connectivity index (χ2n) is 8.16. The molecule has 1 aliphatic rings. The third-order valence-electron chi connectivity index (χ3n) is 6.00. The number of hydrogen-bond acceptors (Lipinski definition) is 5. The summed E-state index contributed by atoms with van der Waals surface area (Å²) in [4.78, 5) is 30.1. The number of benzene rings is 2. The number of carbonyl (C=O) groups is 2. The normalized spacial score (nSPS) is 17.7. The Bertz CT molecular complexity index is 983. The average Bonchev–Trinajstić information content (AvgIpc) is 3.10. The summed E-state index contributed by atoms with van der Waals surface area (Å²) in [5, 5.41) is 11.2. The van der Waals surface area contributed by atoms with E-state index in [-0.39, 0.29) is 11.3 Å². The Morgan fingerprint density at radius 2 is 1.76 bits per heavy atom. The standard InChI is InChI=1S/C27H34N2O4/c1-4-18-33-22-15-10-14-21(19-22)25(30)23-24(20-12-8-7-9-13-20)29(27(32)26(23)31)17-11-16-28(5-2)6-3/h7-10,12-15,19,24,30H,4-6,11,16-18H2,1-3H3/b25-23+. The van der Waals surface area contributed by atoms with E-state index in [0.717, 1.165) is 38.0 Å². The number of ether oxygens (including phenoxy) is 1. The van der Waals surface area contributed by atoms with Gasteiger partial charge in [0.25, 0.3) is 11.7 Å². The van der Waals surface area contributed by atoms with Crippen molar-refractivity contribution >= 4 is 17.4 Å². The predicted molar refractivity (Wildman–Crippen MR) is 130 cm³/mol. The molecule has 1 heterocycles. The zero-order valence-electron chi connectivity index (χ0n) is 19.8. The molecule has 2 aromatic rings. The summed E-state index contributed by atoms with van der Waals surface area (Å²) in [6.07, 6.45) is 1.61. The molecular weight excluding hydrogens is 416 g/mol. The number of aliphatic hydroxyl groups excluding tert-OH is 1. The molecule has 0 radical (unpaired) electrons. The third kappa shape index (κ3) is 5.63. The molecular formula is C27H34N2O4. The van der Waals surface area contributed by atoms with Gasteiger partial charge in [0.05, 0.1) is 18.2 Å². The van der Waals surface area contributed by atoms with E-state index in [9.17, 15) is 14.7 Å². The van der Waals surface area contributed by atoms with Gasteiger partial charge in [0.2, 0.25) is 0 Å². The van der Waals surface area contributed by atoms with Gasteiger partial charge in [-0.3, -0.25) is 9.59 Å². The summed E-state index contributed by atoms with van der Waals surface area (Å²) in [6, 6.07) is 15.8. The lowest BCUT2D eigenvalue weighted by Gasteiger charge is -2.26. The lowest BCUT2D eigenvalue weighted by Crippen LogP contribution is -2.33. The molecule has 1 saturated heterocycles. The minimum absolute atomic E-state index is 0.127. The van der Waals surface area contributed by atoms with Crippen molar-refractivity contribution in [2.75, 3.05) is 32.8 Å². The summed E-state index contributed by atoms with van der Waals surface area (Å²) < 4.78 is 5.69. The number of carbonyl (C=O) groups excluding carboxylic acids is 2. The van der Waals surface area contributed by atoms with Gasteiger partial charge in [-0.1, -0.05) is 63.2 Å². The van der Waals surface area contributed by atoms with Gasteiger partial charge in [-0.2, -0.15) is 0 Å². The van der Waals surface area contributed by atoms with Crippen LogP contribution in [0.15, 0.2) is 60.2 Å². The average molecular weight is 451 g/mol. The molecule has 0 saturated carbocycles. The number of aliphatic hydroxyl groups is 1. The molecule has 0 aromatic heterocycles. The first-order chi connectivity index (χ1) is 16.0. The molecule has 1 amide bonds. The van der Waals surface area contributed by atoms with Crippen molar-refractivity contribution in [3.05, 3.63) is 71.3 Å². The number of hydrogen-bond donors (Lipinski definition) is 1. The molecule has 1 fully saturated rings. The summed E-state index contributed by atoms with van der Waals surface area (Å²) in [6.45, 7) is 9.96. The van der Waals surface area contributed by atoms with Crippen molar-refractivity contribution in [3.8, 4) is 5.75 Å². The fourth-order valence-corrected chi connectivity index (χ4v) is 4.21. The van der Waals surface area contributed by atoms with Crippen molar-refractivity contribution in [1.82, 2.24) is 9.80 Å². The molecule has 0 spiro atoms. The number of ketones is 1. The van der Waals surface area contributed by atoms with E-state index in [1.165, 1.54) is 0 Å². The SMILES string of the molecule is CCCOc1cccc(/C(O)=C2\C(=O)C(=O)N(CCCN(CC)CC)C2c2ccccc2)c1. The van der Waals surface area contributed by atoms with Gasteiger partial charge >= 0.3 is 0 Å². The van der Waals surface area contributed by atoms with E-state index in [1.54, 1.807) is 23.1 Å². The minimum Gasteiger partial charge on any atom is -0.507 e. The Labute approximate surface area is 196 Å². The lowest BCUT2D eigenvalue weighted by molar-refractivity contribution is -0.140. The third-order valence-corrected chi connectivity index (χ3v) is 6.00. The molecule has 2 aromatic carbocycles. The predicted octanol–water partition coefficient (Wildman–Crippen LogP) is 4.63. The Morgan fingerprint density at radius 1 is 1.03 bits per heavy atom. The van der Waals surface area contributed by atoms with Crippen LogP contribution in [0.3, 0.4) is 0 Å². The van der Waals surface area contributed by atoms with Crippen LogP contribution < -0.4 is 4.74 Å². The monoisotopic (exact) mass is 450 g/mol. The van der Waals surface area contributed by atoms with E-state index in [2.05, 4.69) is 18.7 Å². The Morgan fingerprint density at radius 3 is 2.42 bits per heavy atom. The molecule has 176 valence electrons. The fourth-order valence-electron chi connectivity index (χ4n) is 4.21. The highest BCUT2D eigenvalue weighted by molar-refractivity contribution is 6.46. The Kier molecular flexibility index (Phi) is 8.66. The number of nitrogens with zero attached hydrogens (tertiary/aromatic N) is 2. The molecule has 0 bridgehead atoms. The summed E-state index contributed by atoms with van der Waals surface area (Å²) >= 11 is 0. The number of amides is 1. The van der Waals surface area contributed by atoms with E-state index in [4.69, 9.17) is 4.74 Å². The van der Waals surface area contributed by atoms with Crippen LogP contribution in [0.1, 0.15) is 50.8 Å². The van der Waals surface area contributed by atoms with E-state index in [0.29, 0.717) is 24.5 Å². The smallest absolute Gasteiger partial charge is 0.295 e.